The monoisotopic (exact) mass is 234 g/mol. The Morgan fingerprint density at radius 1 is 1.53 bits per heavy atom. The molecule has 1 fully saturated rings. The number of aliphatic hydroxyl groups is 1. The molecule has 1 aliphatic heterocycles. The van der Waals surface area contributed by atoms with E-state index in [9.17, 15) is 5.11 Å². The van der Waals surface area contributed by atoms with E-state index in [-0.39, 0.29) is 18.7 Å². The second-order valence-electron chi connectivity index (χ2n) is 4.88. The van der Waals surface area contributed by atoms with E-state index in [0.717, 1.165) is 19.4 Å². The Morgan fingerprint density at radius 2 is 2.35 bits per heavy atom. The van der Waals surface area contributed by atoms with Crippen molar-refractivity contribution in [3.05, 3.63) is 35.4 Å². The molecule has 0 amide bonds. The van der Waals surface area contributed by atoms with Crippen molar-refractivity contribution in [3.63, 3.8) is 0 Å². The SMILES string of the molecule is Cc1cccc(C(CN)N2CCCC2CO)c1. The molecule has 2 unspecified atom stereocenters. The largest absolute Gasteiger partial charge is 0.395 e. The van der Waals surface area contributed by atoms with Gasteiger partial charge in [-0.3, -0.25) is 4.90 Å². The highest BCUT2D eigenvalue weighted by molar-refractivity contribution is 5.25. The molecule has 3 N–H and O–H groups in total. The number of nitrogens with zero attached hydrogens (tertiary/aromatic N) is 1. The number of aliphatic hydroxyl groups excluding tert-OH is 1. The quantitative estimate of drug-likeness (QED) is 0.829. The second-order valence-corrected chi connectivity index (χ2v) is 4.88. The average molecular weight is 234 g/mol. The molecule has 0 aliphatic carbocycles. The molecule has 94 valence electrons. The van der Waals surface area contributed by atoms with Crippen molar-refractivity contribution in [3.8, 4) is 0 Å². The fraction of sp³-hybridized carbons (Fsp3) is 0.571. The van der Waals surface area contributed by atoms with Crippen molar-refractivity contribution in [2.75, 3.05) is 19.7 Å². The van der Waals surface area contributed by atoms with E-state index in [2.05, 4.69) is 36.1 Å². The topological polar surface area (TPSA) is 49.5 Å². The molecule has 2 rings (SSSR count). The van der Waals surface area contributed by atoms with Crippen LogP contribution in [0.1, 0.15) is 30.0 Å². The zero-order valence-corrected chi connectivity index (χ0v) is 10.5. The summed E-state index contributed by atoms with van der Waals surface area (Å²) >= 11 is 0. The van der Waals surface area contributed by atoms with Crippen LogP contribution in [0.5, 0.6) is 0 Å². The van der Waals surface area contributed by atoms with E-state index in [4.69, 9.17) is 5.73 Å². The summed E-state index contributed by atoms with van der Waals surface area (Å²) in [6, 6.07) is 9.04. The third kappa shape index (κ3) is 2.68. The highest BCUT2D eigenvalue weighted by Gasteiger charge is 2.30. The van der Waals surface area contributed by atoms with Crippen LogP contribution in [-0.2, 0) is 0 Å². The van der Waals surface area contributed by atoms with Gasteiger partial charge in [0.05, 0.1) is 6.61 Å². The molecule has 2 atom stereocenters. The van der Waals surface area contributed by atoms with Crippen LogP contribution in [0.4, 0.5) is 0 Å². The molecule has 0 radical (unpaired) electrons. The van der Waals surface area contributed by atoms with Gasteiger partial charge in [0.1, 0.15) is 0 Å². The van der Waals surface area contributed by atoms with Gasteiger partial charge >= 0.3 is 0 Å². The summed E-state index contributed by atoms with van der Waals surface area (Å²) in [6.07, 6.45) is 2.24. The van der Waals surface area contributed by atoms with Gasteiger partial charge in [0.2, 0.25) is 0 Å². The molecule has 3 nitrogen and oxygen atoms in total. The molecule has 0 saturated carbocycles. The highest BCUT2D eigenvalue weighted by atomic mass is 16.3. The van der Waals surface area contributed by atoms with E-state index < -0.39 is 0 Å². The highest BCUT2D eigenvalue weighted by Crippen LogP contribution is 2.28. The molecule has 1 saturated heterocycles. The normalized spacial score (nSPS) is 22.9. The Kier molecular flexibility index (Phi) is 4.15. The minimum Gasteiger partial charge on any atom is -0.395 e. The summed E-state index contributed by atoms with van der Waals surface area (Å²) in [4.78, 5) is 2.36. The molecule has 1 aromatic rings. The molecule has 1 heterocycles. The van der Waals surface area contributed by atoms with Gasteiger partial charge in [-0.25, -0.2) is 0 Å². The van der Waals surface area contributed by atoms with Crippen LogP contribution in [0.2, 0.25) is 0 Å². The van der Waals surface area contributed by atoms with Crippen LogP contribution in [0, 0.1) is 6.92 Å². The van der Waals surface area contributed by atoms with Crippen LogP contribution in [0.15, 0.2) is 24.3 Å². The van der Waals surface area contributed by atoms with Crippen molar-refractivity contribution in [1.82, 2.24) is 4.90 Å². The number of hydrogen-bond acceptors (Lipinski definition) is 3. The summed E-state index contributed by atoms with van der Waals surface area (Å²) in [7, 11) is 0. The summed E-state index contributed by atoms with van der Waals surface area (Å²) in [5, 5.41) is 9.40. The van der Waals surface area contributed by atoms with Gasteiger partial charge in [0.15, 0.2) is 0 Å². The molecule has 0 aromatic heterocycles. The van der Waals surface area contributed by atoms with E-state index in [0.29, 0.717) is 6.54 Å². The van der Waals surface area contributed by atoms with Gasteiger partial charge < -0.3 is 10.8 Å². The van der Waals surface area contributed by atoms with Crippen LogP contribution >= 0.6 is 0 Å². The van der Waals surface area contributed by atoms with Crippen molar-refractivity contribution in [1.29, 1.82) is 0 Å². The maximum absolute atomic E-state index is 9.40. The number of aryl methyl sites for hydroxylation is 1. The van der Waals surface area contributed by atoms with Crippen LogP contribution in [0.3, 0.4) is 0 Å². The zero-order valence-electron chi connectivity index (χ0n) is 10.5. The van der Waals surface area contributed by atoms with E-state index in [1.165, 1.54) is 11.1 Å². The maximum Gasteiger partial charge on any atom is 0.0587 e. The summed E-state index contributed by atoms with van der Waals surface area (Å²) in [5.41, 5.74) is 8.46. The smallest absolute Gasteiger partial charge is 0.0587 e. The number of likely N-dealkylation sites (tertiary alicyclic amines) is 1. The number of benzene rings is 1. The molecule has 3 heteroatoms. The van der Waals surface area contributed by atoms with E-state index in [1.54, 1.807) is 0 Å². The Labute approximate surface area is 103 Å². The van der Waals surface area contributed by atoms with Gasteiger partial charge in [-0.1, -0.05) is 29.8 Å². The fourth-order valence-electron chi connectivity index (χ4n) is 2.80. The molecule has 1 aromatic carbocycles. The lowest BCUT2D eigenvalue weighted by Crippen LogP contribution is -2.39. The molecule has 0 spiro atoms. The molecule has 0 bridgehead atoms. The second kappa shape index (κ2) is 5.63. The fourth-order valence-corrected chi connectivity index (χ4v) is 2.80. The lowest BCUT2D eigenvalue weighted by molar-refractivity contribution is 0.121. The third-order valence-corrected chi connectivity index (χ3v) is 3.68. The van der Waals surface area contributed by atoms with Crippen LogP contribution in [-0.4, -0.2) is 35.7 Å². The predicted molar refractivity (Wildman–Crippen MR) is 69.8 cm³/mol. The lowest BCUT2D eigenvalue weighted by atomic mass is 10.0. The van der Waals surface area contributed by atoms with Gasteiger partial charge in [-0.2, -0.15) is 0 Å². The number of nitrogens with two attached hydrogens (primary N) is 1. The Morgan fingerprint density at radius 3 is 3.00 bits per heavy atom. The molecular weight excluding hydrogens is 212 g/mol. The molecular formula is C14H22N2O. The Bertz CT molecular complexity index is 367. The predicted octanol–water partition coefficient (Wildman–Crippen LogP) is 1.45. The van der Waals surface area contributed by atoms with Gasteiger partial charge in [0, 0.05) is 18.6 Å². The Balaban J connectivity index is 2.21. The number of hydrogen-bond donors (Lipinski definition) is 2. The summed E-state index contributed by atoms with van der Waals surface area (Å²) in [5.74, 6) is 0. The van der Waals surface area contributed by atoms with E-state index >= 15 is 0 Å². The molecule has 17 heavy (non-hydrogen) atoms. The zero-order chi connectivity index (χ0) is 12.3. The minimum atomic E-state index is 0.238. The van der Waals surface area contributed by atoms with Gasteiger partial charge in [-0.15, -0.1) is 0 Å². The van der Waals surface area contributed by atoms with Crippen molar-refractivity contribution < 1.29 is 5.11 Å². The lowest BCUT2D eigenvalue weighted by Gasteiger charge is -2.32. The van der Waals surface area contributed by atoms with Crippen molar-refractivity contribution >= 4 is 0 Å². The molecule has 1 aliphatic rings. The summed E-state index contributed by atoms with van der Waals surface area (Å²) < 4.78 is 0. The van der Waals surface area contributed by atoms with E-state index in [1.807, 2.05) is 0 Å². The van der Waals surface area contributed by atoms with Gasteiger partial charge in [-0.05, 0) is 31.9 Å². The first kappa shape index (κ1) is 12.6. The first-order chi connectivity index (χ1) is 8.26. The van der Waals surface area contributed by atoms with Crippen LogP contribution in [0.25, 0.3) is 0 Å². The minimum absolute atomic E-state index is 0.238. The average Bonchev–Trinajstić information content (AvgIpc) is 2.78. The first-order valence-corrected chi connectivity index (χ1v) is 6.39. The van der Waals surface area contributed by atoms with Crippen molar-refractivity contribution in [2.24, 2.45) is 5.73 Å². The number of rotatable bonds is 4. The third-order valence-electron chi connectivity index (χ3n) is 3.68. The van der Waals surface area contributed by atoms with Crippen molar-refractivity contribution in [2.45, 2.75) is 31.8 Å². The first-order valence-electron chi connectivity index (χ1n) is 6.39. The standard InChI is InChI=1S/C14H22N2O/c1-11-4-2-5-12(8-11)14(9-15)16-7-3-6-13(16)10-17/h2,4-5,8,13-14,17H,3,6-7,9-10,15H2,1H3. The summed E-state index contributed by atoms with van der Waals surface area (Å²) in [6.45, 7) is 3.99. The Hall–Kier alpha value is -0.900. The maximum atomic E-state index is 9.40. The van der Waals surface area contributed by atoms with Gasteiger partial charge in [0.25, 0.3) is 0 Å². The van der Waals surface area contributed by atoms with Crippen LogP contribution < -0.4 is 5.73 Å².